The number of nitrogens with zero attached hydrogens (tertiary/aromatic N) is 1. The van der Waals surface area contributed by atoms with E-state index >= 15 is 0 Å². The van der Waals surface area contributed by atoms with Crippen molar-refractivity contribution in [2.75, 3.05) is 19.0 Å². The van der Waals surface area contributed by atoms with E-state index < -0.39 is 23.9 Å². The number of nitrogens with one attached hydrogen (secondary N) is 2. The Balaban J connectivity index is 1.19. The number of thiophene rings is 1. The first-order valence-corrected chi connectivity index (χ1v) is 14.7. The molecule has 2 aromatic heterocycles. The zero-order chi connectivity index (χ0) is 30.1. The topological polar surface area (TPSA) is 120 Å². The van der Waals surface area contributed by atoms with Gasteiger partial charge in [-0.3, -0.25) is 4.79 Å². The number of H-pyrrole nitrogens is 1. The second-order valence-electron chi connectivity index (χ2n) is 10.1. The van der Waals surface area contributed by atoms with Crippen molar-refractivity contribution in [3.05, 3.63) is 89.0 Å². The van der Waals surface area contributed by atoms with E-state index in [9.17, 15) is 14.4 Å². The van der Waals surface area contributed by atoms with Crippen molar-refractivity contribution in [3.63, 3.8) is 0 Å². The minimum atomic E-state index is -1.12. The molecule has 1 aliphatic carbocycles. The molecule has 10 heteroatoms. The first kappa shape index (κ1) is 28.2. The second-order valence-corrected chi connectivity index (χ2v) is 11.1. The van der Waals surface area contributed by atoms with E-state index in [0.29, 0.717) is 33.8 Å². The SMILES string of the molecule is CCOC(=O)c1c(NC(=O)C(C)OC(=O)c2ccc3nc(-c4ccc(OC)cc4)[nH]c3c2)sc2c1CCc1ccccc1-2. The average molecular weight is 596 g/mol. The largest absolute Gasteiger partial charge is 0.497 e. The van der Waals surface area contributed by atoms with Gasteiger partial charge in [-0.05, 0) is 85.8 Å². The van der Waals surface area contributed by atoms with Crippen LogP contribution in [0.2, 0.25) is 0 Å². The molecule has 1 amide bonds. The summed E-state index contributed by atoms with van der Waals surface area (Å²) in [5.41, 5.74) is 5.94. The third-order valence-corrected chi connectivity index (χ3v) is 8.54. The molecule has 218 valence electrons. The van der Waals surface area contributed by atoms with Crippen LogP contribution in [0.25, 0.3) is 32.9 Å². The van der Waals surface area contributed by atoms with Crippen LogP contribution in [0.5, 0.6) is 5.75 Å². The molecule has 0 radical (unpaired) electrons. The number of hydrogen-bond donors (Lipinski definition) is 2. The molecular weight excluding hydrogens is 566 g/mol. The number of aromatic nitrogens is 2. The van der Waals surface area contributed by atoms with Crippen molar-refractivity contribution in [2.24, 2.45) is 0 Å². The van der Waals surface area contributed by atoms with Crippen molar-refractivity contribution in [1.29, 1.82) is 0 Å². The highest BCUT2D eigenvalue weighted by atomic mass is 32.1. The Kier molecular flexibility index (Phi) is 7.69. The summed E-state index contributed by atoms with van der Waals surface area (Å²) < 4.78 is 16.1. The molecule has 1 atom stereocenters. The van der Waals surface area contributed by atoms with E-state index in [-0.39, 0.29) is 12.2 Å². The van der Waals surface area contributed by atoms with Gasteiger partial charge in [-0.2, -0.15) is 0 Å². The summed E-state index contributed by atoms with van der Waals surface area (Å²) in [4.78, 5) is 48.0. The molecule has 5 aromatic rings. The van der Waals surface area contributed by atoms with Crippen molar-refractivity contribution in [2.45, 2.75) is 32.8 Å². The quantitative estimate of drug-likeness (QED) is 0.199. The van der Waals surface area contributed by atoms with E-state index in [4.69, 9.17) is 14.2 Å². The van der Waals surface area contributed by atoms with Gasteiger partial charge in [0.05, 0.1) is 35.9 Å². The number of anilines is 1. The lowest BCUT2D eigenvalue weighted by atomic mass is 9.89. The monoisotopic (exact) mass is 595 g/mol. The molecule has 0 fully saturated rings. The number of benzene rings is 3. The van der Waals surface area contributed by atoms with E-state index in [2.05, 4.69) is 21.4 Å². The first-order valence-electron chi connectivity index (χ1n) is 13.9. The summed E-state index contributed by atoms with van der Waals surface area (Å²) in [6.07, 6.45) is 0.324. The summed E-state index contributed by atoms with van der Waals surface area (Å²) in [5.74, 6) is -0.301. The zero-order valence-electron chi connectivity index (χ0n) is 23.9. The predicted molar refractivity (Wildman–Crippen MR) is 165 cm³/mol. The lowest BCUT2D eigenvalue weighted by Gasteiger charge is -2.16. The van der Waals surface area contributed by atoms with Gasteiger partial charge in [0, 0.05) is 10.4 Å². The Labute approximate surface area is 251 Å². The van der Waals surface area contributed by atoms with E-state index in [1.165, 1.54) is 23.8 Å². The number of esters is 2. The maximum atomic E-state index is 13.2. The Bertz CT molecular complexity index is 1860. The Morgan fingerprint density at radius 3 is 2.58 bits per heavy atom. The fourth-order valence-electron chi connectivity index (χ4n) is 5.17. The van der Waals surface area contributed by atoms with Crippen molar-refractivity contribution < 1.29 is 28.6 Å². The number of carbonyl (C=O) groups is 3. The minimum Gasteiger partial charge on any atom is -0.497 e. The Hall–Kier alpha value is -4.96. The third-order valence-electron chi connectivity index (χ3n) is 7.36. The second kappa shape index (κ2) is 11.7. The first-order chi connectivity index (χ1) is 20.9. The maximum Gasteiger partial charge on any atom is 0.341 e. The summed E-state index contributed by atoms with van der Waals surface area (Å²) in [6.45, 7) is 3.45. The average Bonchev–Trinajstić information content (AvgIpc) is 3.62. The van der Waals surface area contributed by atoms with Crippen molar-refractivity contribution in [3.8, 4) is 27.6 Å². The maximum absolute atomic E-state index is 13.2. The molecule has 43 heavy (non-hydrogen) atoms. The van der Waals surface area contributed by atoms with Gasteiger partial charge < -0.3 is 24.5 Å². The van der Waals surface area contributed by atoms with E-state index in [1.807, 2.05) is 42.5 Å². The van der Waals surface area contributed by atoms with Gasteiger partial charge in [0.25, 0.3) is 5.91 Å². The molecule has 1 aliphatic rings. The molecule has 9 nitrogen and oxygen atoms in total. The number of hydrogen-bond acceptors (Lipinski definition) is 8. The lowest BCUT2D eigenvalue weighted by Crippen LogP contribution is -2.30. The summed E-state index contributed by atoms with van der Waals surface area (Å²) in [5, 5.41) is 3.22. The molecule has 2 heterocycles. The zero-order valence-corrected chi connectivity index (χ0v) is 24.7. The van der Waals surface area contributed by atoms with Crippen molar-refractivity contribution >= 4 is 45.2 Å². The number of rotatable bonds is 8. The molecule has 0 bridgehead atoms. The molecule has 6 rings (SSSR count). The lowest BCUT2D eigenvalue weighted by molar-refractivity contribution is -0.123. The number of methoxy groups -OCH3 is 1. The standard InChI is InChI=1S/C33H29N3O6S/c1-4-41-33(39)27-24-15-11-19-7-5-6-8-23(19)28(24)43-31(27)36-30(37)18(2)42-32(38)21-12-16-25-26(17-21)35-29(34-25)20-9-13-22(40-3)14-10-20/h5-10,12-14,16-18H,4,11,15H2,1-3H3,(H,34,35)(H,36,37). The van der Waals surface area contributed by atoms with Crippen LogP contribution in [-0.4, -0.2) is 47.6 Å². The van der Waals surface area contributed by atoms with Crippen LogP contribution in [0.3, 0.4) is 0 Å². The van der Waals surface area contributed by atoms with Gasteiger partial charge in [0.2, 0.25) is 0 Å². The number of aromatic amines is 1. The highest BCUT2D eigenvalue weighted by Crippen LogP contribution is 2.45. The molecule has 3 aromatic carbocycles. The van der Waals surface area contributed by atoms with Crippen LogP contribution in [0, 0.1) is 0 Å². The molecule has 0 aliphatic heterocycles. The number of ether oxygens (including phenoxy) is 3. The normalized spacial score (nSPS) is 12.6. The molecule has 1 unspecified atom stereocenters. The molecule has 2 N–H and O–H groups in total. The van der Waals surface area contributed by atoms with Gasteiger partial charge in [-0.25, -0.2) is 14.6 Å². The summed E-state index contributed by atoms with van der Waals surface area (Å²) >= 11 is 1.33. The minimum absolute atomic E-state index is 0.212. The summed E-state index contributed by atoms with van der Waals surface area (Å²) in [7, 11) is 1.61. The summed E-state index contributed by atoms with van der Waals surface area (Å²) in [6, 6.07) is 20.5. The number of fused-ring (bicyclic) bond motifs is 4. The molecular formula is C33H29N3O6S. The number of amides is 1. The van der Waals surface area contributed by atoms with Gasteiger partial charge >= 0.3 is 11.9 Å². The van der Waals surface area contributed by atoms with Crippen LogP contribution in [0.15, 0.2) is 66.7 Å². The Morgan fingerprint density at radius 1 is 1.02 bits per heavy atom. The van der Waals surface area contributed by atoms with Gasteiger partial charge in [0.15, 0.2) is 6.10 Å². The highest BCUT2D eigenvalue weighted by molar-refractivity contribution is 7.20. The molecule has 0 saturated heterocycles. The highest BCUT2D eigenvalue weighted by Gasteiger charge is 2.31. The van der Waals surface area contributed by atoms with Gasteiger partial charge in [-0.15, -0.1) is 11.3 Å². The van der Waals surface area contributed by atoms with Crippen LogP contribution in [-0.2, 0) is 27.1 Å². The van der Waals surface area contributed by atoms with Crippen LogP contribution < -0.4 is 10.1 Å². The predicted octanol–water partition coefficient (Wildman–Crippen LogP) is 6.43. The van der Waals surface area contributed by atoms with E-state index in [1.54, 1.807) is 32.2 Å². The number of imidazole rings is 1. The van der Waals surface area contributed by atoms with Crippen LogP contribution >= 0.6 is 11.3 Å². The number of carbonyl (C=O) groups excluding carboxylic acids is 3. The smallest absolute Gasteiger partial charge is 0.341 e. The molecule has 0 spiro atoms. The Morgan fingerprint density at radius 2 is 1.81 bits per heavy atom. The van der Waals surface area contributed by atoms with Gasteiger partial charge in [0.1, 0.15) is 16.6 Å². The number of aryl methyl sites for hydroxylation is 1. The van der Waals surface area contributed by atoms with E-state index in [0.717, 1.165) is 33.7 Å². The van der Waals surface area contributed by atoms with Crippen molar-refractivity contribution in [1.82, 2.24) is 9.97 Å². The fourth-order valence-corrected chi connectivity index (χ4v) is 6.47. The van der Waals surface area contributed by atoms with Crippen LogP contribution in [0.1, 0.15) is 45.7 Å². The molecule has 0 saturated carbocycles. The fraction of sp³-hybridized carbons (Fsp3) is 0.212. The van der Waals surface area contributed by atoms with Crippen LogP contribution in [0.4, 0.5) is 5.00 Å². The third kappa shape index (κ3) is 5.49. The van der Waals surface area contributed by atoms with Gasteiger partial charge in [-0.1, -0.05) is 24.3 Å².